The van der Waals surface area contributed by atoms with Crippen molar-refractivity contribution in [2.45, 2.75) is 19.0 Å². The van der Waals surface area contributed by atoms with Crippen molar-refractivity contribution >= 4 is 57.5 Å². The lowest BCUT2D eigenvalue weighted by atomic mass is 10.1. The molecule has 1 heterocycles. The fourth-order valence-corrected chi connectivity index (χ4v) is 4.59. The number of carbonyl (C=O) groups is 1. The van der Waals surface area contributed by atoms with Crippen LogP contribution in [-0.2, 0) is 4.79 Å². The first kappa shape index (κ1) is 22.4. The molecule has 4 rings (SSSR count). The molecule has 32 heavy (non-hydrogen) atoms. The van der Waals surface area contributed by atoms with Crippen molar-refractivity contribution < 1.29 is 4.79 Å². The van der Waals surface area contributed by atoms with Crippen molar-refractivity contribution in [2.24, 2.45) is 0 Å². The molecule has 5 nitrogen and oxygen atoms in total. The van der Waals surface area contributed by atoms with Crippen molar-refractivity contribution in [1.29, 1.82) is 0 Å². The third-order valence-corrected chi connectivity index (χ3v) is 6.53. The Bertz CT molecular complexity index is 1380. The number of para-hydroxylation sites is 1. The maximum Gasteiger partial charge on any atom is 0.266 e. The highest BCUT2D eigenvalue weighted by molar-refractivity contribution is 7.99. The van der Waals surface area contributed by atoms with Gasteiger partial charge in [0.25, 0.3) is 5.56 Å². The van der Waals surface area contributed by atoms with E-state index in [-0.39, 0.29) is 22.2 Å². The van der Waals surface area contributed by atoms with Crippen LogP contribution in [0.4, 0.5) is 5.69 Å². The Morgan fingerprint density at radius 2 is 1.75 bits per heavy atom. The average molecular weight is 484 g/mol. The van der Waals surface area contributed by atoms with Crippen LogP contribution in [0.2, 0.25) is 10.0 Å². The summed E-state index contributed by atoms with van der Waals surface area (Å²) in [6.45, 7) is 3.95. The molecular weight excluding hydrogens is 465 g/mol. The number of fused-ring (bicyclic) bond motifs is 1. The molecule has 162 valence electrons. The summed E-state index contributed by atoms with van der Waals surface area (Å²) in [5.41, 5.74) is 3.61. The molecule has 0 fully saturated rings. The van der Waals surface area contributed by atoms with Gasteiger partial charge in [0.2, 0.25) is 5.91 Å². The molecule has 1 N–H and O–H groups in total. The van der Waals surface area contributed by atoms with Gasteiger partial charge in [-0.2, -0.15) is 0 Å². The Balaban J connectivity index is 1.70. The van der Waals surface area contributed by atoms with E-state index in [0.717, 1.165) is 11.1 Å². The summed E-state index contributed by atoms with van der Waals surface area (Å²) < 4.78 is 1.56. The normalized spacial score (nSPS) is 11.0. The number of aryl methyl sites for hydroxylation is 2. The molecule has 0 radical (unpaired) electrons. The molecule has 0 bridgehead atoms. The standard InChI is InChI=1S/C24H19Cl2N3O2S/c1-14-10-15(2)12-16(11-14)29-23(31)17-6-3-4-8-19(17)28-24(29)32-13-21(30)27-20-9-5-7-18(25)22(20)26/h3-12H,13H2,1-2H3,(H,27,30). The number of benzene rings is 3. The minimum absolute atomic E-state index is 0.0401. The number of rotatable bonds is 5. The number of nitrogens with one attached hydrogen (secondary N) is 1. The van der Waals surface area contributed by atoms with Crippen molar-refractivity contribution in [3.63, 3.8) is 0 Å². The molecule has 8 heteroatoms. The van der Waals surface area contributed by atoms with E-state index >= 15 is 0 Å². The van der Waals surface area contributed by atoms with Gasteiger partial charge in [-0.1, -0.05) is 59.2 Å². The lowest BCUT2D eigenvalue weighted by molar-refractivity contribution is -0.113. The van der Waals surface area contributed by atoms with Gasteiger partial charge in [0.1, 0.15) is 0 Å². The van der Waals surface area contributed by atoms with Crippen LogP contribution in [0.3, 0.4) is 0 Å². The van der Waals surface area contributed by atoms with Crippen LogP contribution in [0.1, 0.15) is 11.1 Å². The van der Waals surface area contributed by atoms with E-state index in [1.165, 1.54) is 11.8 Å². The number of anilines is 1. The fraction of sp³-hybridized carbons (Fsp3) is 0.125. The number of amides is 1. The predicted octanol–water partition coefficient (Wildman–Crippen LogP) is 6.04. The lowest BCUT2D eigenvalue weighted by Gasteiger charge is -2.14. The topological polar surface area (TPSA) is 64.0 Å². The van der Waals surface area contributed by atoms with Crippen molar-refractivity contribution in [1.82, 2.24) is 9.55 Å². The summed E-state index contributed by atoms with van der Waals surface area (Å²) in [6, 6.07) is 18.1. The second-order valence-corrected chi connectivity index (χ2v) is 9.06. The van der Waals surface area contributed by atoms with Crippen LogP contribution in [0.15, 0.2) is 70.6 Å². The van der Waals surface area contributed by atoms with Crippen LogP contribution >= 0.6 is 35.0 Å². The Labute approximate surface area is 199 Å². The van der Waals surface area contributed by atoms with Gasteiger partial charge < -0.3 is 5.32 Å². The molecule has 0 aliphatic rings. The minimum Gasteiger partial charge on any atom is -0.324 e. The lowest BCUT2D eigenvalue weighted by Crippen LogP contribution is -2.23. The number of nitrogens with zero attached hydrogens (tertiary/aromatic N) is 2. The smallest absolute Gasteiger partial charge is 0.266 e. The van der Waals surface area contributed by atoms with Crippen LogP contribution in [0, 0.1) is 13.8 Å². The molecular formula is C24H19Cl2N3O2S. The zero-order valence-electron chi connectivity index (χ0n) is 17.4. The summed E-state index contributed by atoms with van der Waals surface area (Å²) >= 11 is 13.4. The zero-order valence-corrected chi connectivity index (χ0v) is 19.7. The van der Waals surface area contributed by atoms with Gasteiger partial charge in [0, 0.05) is 0 Å². The van der Waals surface area contributed by atoms with E-state index < -0.39 is 0 Å². The zero-order chi connectivity index (χ0) is 22.8. The molecule has 1 aromatic heterocycles. The number of aromatic nitrogens is 2. The van der Waals surface area contributed by atoms with E-state index in [2.05, 4.69) is 10.3 Å². The molecule has 0 aliphatic heterocycles. The highest BCUT2D eigenvalue weighted by Crippen LogP contribution is 2.30. The second-order valence-electron chi connectivity index (χ2n) is 7.34. The quantitative estimate of drug-likeness (QED) is 0.277. The molecule has 3 aromatic carbocycles. The van der Waals surface area contributed by atoms with E-state index in [9.17, 15) is 9.59 Å². The Morgan fingerprint density at radius 1 is 1.03 bits per heavy atom. The monoisotopic (exact) mass is 483 g/mol. The Kier molecular flexibility index (Phi) is 6.55. The highest BCUT2D eigenvalue weighted by atomic mass is 35.5. The first-order chi connectivity index (χ1) is 15.3. The van der Waals surface area contributed by atoms with Crippen molar-refractivity contribution in [3.05, 3.63) is 92.2 Å². The van der Waals surface area contributed by atoms with E-state index in [4.69, 9.17) is 23.2 Å². The maximum atomic E-state index is 13.4. The summed E-state index contributed by atoms with van der Waals surface area (Å²) in [5, 5.41) is 4.35. The first-order valence-corrected chi connectivity index (χ1v) is 11.5. The first-order valence-electron chi connectivity index (χ1n) is 9.80. The van der Waals surface area contributed by atoms with Crippen molar-refractivity contribution in [3.8, 4) is 5.69 Å². The highest BCUT2D eigenvalue weighted by Gasteiger charge is 2.16. The number of carbonyl (C=O) groups excluding carboxylic acids is 1. The molecule has 0 saturated carbocycles. The Morgan fingerprint density at radius 3 is 2.50 bits per heavy atom. The number of hydrogen-bond donors (Lipinski definition) is 1. The molecule has 0 saturated heterocycles. The summed E-state index contributed by atoms with van der Waals surface area (Å²) in [4.78, 5) is 30.7. The molecule has 0 atom stereocenters. The third-order valence-electron chi connectivity index (χ3n) is 4.77. The van der Waals surface area contributed by atoms with Crippen LogP contribution in [-0.4, -0.2) is 21.2 Å². The minimum atomic E-state index is -0.284. The van der Waals surface area contributed by atoms with Gasteiger partial charge in [-0.25, -0.2) is 4.98 Å². The molecule has 0 spiro atoms. The van der Waals surface area contributed by atoms with E-state index in [1.54, 1.807) is 34.9 Å². The van der Waals surface area contributed by atoms with Gasteiger partial charge in [-0.05, 0) is 61.4 Å². The van der Waals surface area contributed by atoms with Gasteiger partial charge in [-0.15, -0.1) is 0 Å². The van der Waals surface area contributed by atoms with E-state index in [1.807, 2.05) is 44.2 Å². The Hall–Kier alpha value is -2.80. The summed E-state index contributed by atoms with van der Waals surface area (Å²) in [6.07, 6.45) is 0. The van der Waals surface area contributed by atoms with Crippen molar-refractivity contribution in [2.75, 3.05) is 11.1 Å². The molecule has 0 unspecified atom stereocenters. The number of hydrogen-bond acceptors (Lipinski definition) is 4. The van der Waals surface area contributed by atoms with E-state index in [0.29, 0.717) is 32.5 Å². The van der Waals surface area contributed by atoms with Crippen LogP contribution < -0.4 is 10.9 Å². The summed E-state index contributed by atoms with van der Waals surface area (Å²) in [7, 11) is 0. The largest absolute Gasteiger partial charge is 0.324 e. The molecule has 0 aliphatic carbocycles. The SMILES string of the molecule is Cc1cc(C)cc(-n2c(SCC(=O)Nc3cccc(Cl)c3Cl)nc3ccccc3c2=O)c1. The molecule has 4 aromatic rings. The maximum absolute atomic E-state index is 13.4. The van der Waals surface area contributed by atoms with Crippen LogP contribution in [0.5, 0.6) is 0 Å². The van der Waals surface area contributed by atoms with Gasteiger partial charge in [0.05, 0.1) is 38.1 Å². The van der Waals surface area contributed by atoms with Gasteiger partial charge in [0.15, 0.2) is 5.16 Å². The average Bonchev–Trinajstić information content (AvgIpc) is 2.75. The van der Waals surface area contributed by atoms with Gasteiger partial charge in [-0.3, -0.25) is 14.2 Å². The number of halogens is 2. The molecule has 1 amide bonds. The predicted molar refractivity (Wildman–Crippen MR) is 133 cm³/mol. The van der Waals surface area contributed by atoms with Crippen LogP contribution in [0.25, 0.3) is 16.6 Å². The third kappa shape index (κ3) is 4.67. The summed E-state index contributed by atoms with van der Waals surface area (Å²) in [5.74, 6) is -0.244. The fourth-order valence-electron chi connectivity index (χ4n) is 3.43. The second kappa shape index (κ2) is 9.36. The number of thioether (sulfide) groups is 1. The van der Waals surface area contributed by atoms with Gasteiger partial charge >= 0.3 is 0 Å².